The highest BCUT2D eigenvalue weighted by molar-refractivity contribution is 7.90. The Labute approximate surface area is 202 Å². The smallest absolute Gasteiger partial charge is 0.261 e. The van der Waals surface area contributed by atoms with Crippen molar-refractivity contribution >= 4 is 56.2 Å². The van der Waals surface area contributed by atoms with Crippen LogP contribution in [0, 0.1) is 0 Å². The van der Waals surface area contributed by atoms with Crippen LogP contribution < -0.4 is 10.6 Å². The summed E-state index contributed by atoms with van der Waals surface area (Å²) < 4.78 is 23.2. The maximum Gasteiger partial charge on any atom is 0.261 e. The highest BCUT2D eigenvalue weighted by Gasteiger charge is 2.29. The fourth-order valence-corrected chi connectivity index (χ4v) is 5.14. The lowest BCUT2D eigenvalue weighted by Crippen LogP contribution is -2.50. The Kier molecular flexibility index (Phi) is 8.57. The van der Waals surface area contributed by atoms with Gasteiger partial charge in [0.25, 0.3) is 5.91 Å². The topological polar surface area (TPSA) is 95.6 Å². The van der Waals surface area contributed by atoms with Crippen molar-refractivity contribution in [3.63, 3.8) is 0 Å². The fourth-order valence-electron chi connectivity index (χ4n) is 3.53. The Morgan fingerprint density at radius 2 is 2.03 bits per heavy atom. The predicted octanol–water partition coefficient (Wildman–Crippen LogP) is 2.98. The number of rotatable bonds is 9. The summed E-state index contributed by atoms with van der Waals surface area (Å²) in [7, 11) is -3.28. The van der Waals surface area contributed by atoms with Crippen LogP contribution in [0.25, 0.3) is 0 Å². The van der Waals surface area contributed by atoms with Crippen LogP contribution in [0.15, 0.2) is 35.7 Å². The largest absolute Gasteiger partial charge is 0.350 e. The number of sulfone groups is 1. The van der Waals surface area contributed by atoms with Crippen LogP contribution in [0.1, 0.15) is 28.1 Å². The van der Waals surface area contributed by atoms with Gasteiger partial charge in [-0.1, -0.05) is 35.3 Å². The molecule has 0 spiro atoms. The number of carbonyl (C=O) groups is 2. The Balaban J connectivity index is 1.58. The van der Waals surface area contributed by atoms with E-state index in [0.717, 1.165) is 24.8 Å². The molecule has 0 bridgehead atoms. The Morgan fingerprint density at radius 3 is 2.69 bits per heavy atom. The monoisotopic (exact) mass is 517 g/mol. The van der Waals surface area contributed by atoms with Gasteiger partial charge in [0.2, 0.25) is 5.91 Å². The van der Waals surface area contributed by atoms with Crippen molar-refractivity contribution in [3.05, 3.63) is 56.2 Å². The number of thiophene rings is 1. The van der Waals surface area contributed by atoms with Crippen LogP contribution in [-0.4, -0.2) is 62.3 Å². The predicted molar refractivity (Wildman–Crippen MR) is 128 cm³/mol. The number of hydrogen-bond acceptors (Lipinski definition) is 6. The number of benzene rings is 1. The minimum atomic E-state index is -3.28. The number of carbonyl (C=O) groups excluding carboxylic acids is 2. The van der Waals surface area contributed by atoms with Crippen molar-refractivity contribution in [2.75, 3.05) is 25.1 Å². The Morgan fingerprint density at radius 1 is 1.25 bits per heavy atom. The highest BCUT2D eigenvalue weighted by Crippen LogP contribution is 2.24. The van der Waals surface area contributed by atoms with E-state index in [4.69, 9.17) is 23.2 Å². The first-order chi connectivity index (χ1) is 15.1. The number of nitrogens with one attached hydrogen (secondary N) is 2. The Bertz CT molecular complexity index is 1060. The maximum atomic E-state index is 12.9. The Hall–Kier alpha value is -1.65. The fraction of sp³-hybridized carbons (Fsp3) is 0.429. The van der Waals surface area contributed by atoms with Crippen LogP contribution in [0.5, 0.6) is 0 Å². The van der Waals surface area contributed by atoms with Gasteiger partial charge >= 0.3 is 0 Å². The molecular formula is C21H25Cl2N3O4S2. The first-order valence-corrected chi connectivity index (χ1v) is 13.8. The molecule has 0 aliphatic carbocycles. The average molecular weight is 518 g/mol. The van der Waals surface area contributed by atoms with E-state index >= 15 is 0 Å². The molecule has 32 heavy (non-hydrogen) atoms. The molecule has 1 aromatic carbocycles. The van der Waals surface area contributed by atoms with Crippen molar-refractivity contribution in [3.8, 4) is 0 Å². The lowest BCUT2D eigenvalue weighted by atomic mass is 10.1. The molecule has 2 atom stereocenters. The minimum Gasteiger partial charge on any atom is -0.350 e. The summed E-state index contributed by atoms with van der Waals surface area (Å²) in [5, 5.41) is 8.43. The average Bonchev–Trinajstić information content (AvgIpc) is 3.39. The number of halogens is 2. The minimum absolute atomic E-state index is 0.0154. The molecule has 2 amide bonds. The first-order valence-electron chi connectivity index (χ1n) is 10.1. The third-order valence-electron chi connectivity index (χ3n) is 5.15. The lowest BCUT2D eigenvalue weighted by Gasteiger charge is -2.21. The summed E-state index contributed by atoms with van der Waals surface area (Å²) in [6.07, 6.45) is 1.88. The number of likely N-dealkylation sites (tertiary alicyclic amines) is 1. The third-order valence-corrected chi connectivity index (χ3v) is 7.74. The van der Waals surface area contributed by atoms with Gasteiger partial charge in [-0.05, 0) is 42.0 Å². The molecule has 174 valence electrons. The SMILES string of the molecule is CS(=O)(=O)CC[C@H](NC(=O)c1cccs1)C(=O)N[C@@H]1CCN(Cc2ccc(Cl)c(Cl)c2)C1. The van der Waals surface area contributed by atoms with Crippen molar-refractivity contribution in [2.45, 2.75) is 31.5 Å². The maximum absolute atomic E-state index is 12.9. The van der Waals surface area contributed by atoms with Gasteiger partial charge in [0.05, 0.1) is 20.7 Å². The van der Waals surface area contributed by atoms with E-state index in [1.165, 1.54) is 11.3 Å². The van der Waals surface area contributed by atoms with Crippen LogP contribution in [0.4, 0.5) is 0 Å². The van der Waals surface area contributed by atoms with Gasteiger partial charge in [-0.3, -0.25) is 14.5 Å². The second-order valence-corrected chi connectivity index (χ2v) is 11.9. The zero-order valence-electron chi connectivity index (χ0n) is 17.5. The summed E-state index contributed by atoms with van der Waals surface area (Å²) in [6, 6.07) is 7.89. The summed E-state index contributed by atoms with van der Waals surface area (Å²) in [6.45, 7) is 2.11. The third kappa shape index (κ3) is 7.45. The van der Waals surface area contributed by atoms with Gasteiger partial charge < -0.3 is 10.6 Å². The molecule has 7 nitrogen and oxygen atoms in total. The number of amides is 2. The van der Waals surface area contributed by atoms with Crippen LogP contribution >= 0.6 is 34.5 Å². The van der Waals surface area contributed by atoms with E-state index < -0.39 is 15.9 Å². The molecule has 3 rings (SSSR count). The molecule has 0 saturated carbocycles. The van der Waals surface area contributed by atoms with Gasteiger partial charge in [0.15, 0.2) is 0 Å². The quantitative estimate of drug-likeness (QED) is 0.532. The molecule has 2 heterocycles. The molecule has 1 saturated heterocycles. The molecule has 1 aromatic heterocycles. The summed E-state index contributed by atoms with van der Waals surface area (Å²) in [4.78, 5) is 28.0. The van der Waals surface area contributed by atoms with Gasteiger partial charge in [-0.2, -0.15) is 0 Å². The molecule has 0 radical (unpaired) electrons. The second kappa shape index (κ2) is 11.0. The van der Waals surface area contributed by atoms with Crippen molar-refractivity contribution in [1.29, 1.82) is 0 Å². The number of nitrogens with zero attached hydrogens (tertiary/aromatic N) is 1. The van der Waals surface area contributed by atoms with Crippen molar-refractivity contribution in [1.82, 2.24) is 15.5 Å². The summed E-state index contributed by atoms with van der Waals surface area (Å²) in [5.74, 6) is -0.953. The van der Waals surface area contributed by atoms with E-state index in [9.17, 15) is 18.0 Å². The zero-order chi connectivity index (χ0) is 23.3. The van der Waals surface area contributed by atoms with Crippen LogP contribution in [0.2, 0.25) is 10.0 Å². The molecule has 1 aliphatic heterocycles. The van der Waals surface area contributed by atoms with E-state index in [-0.39, 0.29) is 30.0 Å². The van der Waals surface area contributed by atoms with E-state index in [2.05, 4.69) is 15.5 Å². The highest BCUT2D eigenvalue weighted by atomic mass is 35.5. The van der Waals surface area contributed by atoms with E-state index in [1.54, 1.807) is 23.6 Å². The summed E-state index contributed by atoms with van der Waals surface area (Å²) in [5.41, 5.74) is 1.03. The molecule has 2 N–H and O–H groups in total. The van der Waals surface area contributed by atoms with Gasteiger partial charge in [-0.15, -0.1) is 11.3 Å². The zero-order valence-corrected chi connectivity index (χ0v) is 20.7. The first kappa shape index (κ1) is 25.0. The molecule has 2 aromatic rings. The molecule has 1 fully saturated rings. The van der Waals surface area contributed by atoms with Crippen LogP contribution in [-0.2, 0) is 21.2 Å². The molecule has 1 aliphatic rings. The van der Waals surface area contributed by atoms with E-state index in [0.29, 0.717) is 28.0 Å². The second-order valence-electron chi connectivity index (χ2n) is 7.90. The number of hydrogen-bond donors (Lipinski definition) is 2. The molecular weight excluding hydrogens is 493 g/mol. The van der Waals surface area contributed by atoms with Gasteiger partial charge in [0, 0.05) is 31.9 Å². The van der Waals surface area contributed by atoms with Crippen LogP contribution in [0.3, 0.4) is 0 Å². The van der Waals surface area contributed by atoms with Crippen molar-refractivity contribution in [2.24, 2.45) is 0 Å². The molecule has 11 heteroatoms. The summed E-state index contributed by atoms with van der Waals surface area (Å²) >= 11 is 13.3. The van der Waals surface area contributed by atoms with Gasteiger partial charge in [-0.25, -0.2) is 8.42 Å². The van der Waals surface area contributed by atoms with Crippen molar-refractivity contribution < 1.29 is 18.0 Å². The van der Waals surface area contributed by atoms with Gasteiger partial charge in [0.1, 0.15) is 15.9 Å². The van der Waals surface area contributed by atoms with E-state index in [1.807, 2.05) is 12.1 Å². The molecule has 0 unspecified atom stereocenters. The normalized spacial score (nSPS) is 17.8. The standard InChI is InChI=1S/C21H25Cl2N3O4S2/c1-32(29,30)10-7-18(25-21(28)19-3-2-9-31-19)20(27)24-15-6-8-26(13-15)12-14-4-5-16(22)17(23)11-14/h2-5,9,11,15,18H,6-8,10,12-13H2,1H3,(H,24,27)(H,25,28)/t15-,18+/m1/s1. The lowest BCUT2D eigenvalue weighted by molar-refractivity contribution is -0.123.